The average Bonchev–Trinajstić information content (AvgIpc) is 2.16. The summed E-state index contributed by atoms with van der Waals surface area (Å²) in [6.45, 7) is 0.0235. The third-order valence-electron chi connectivity index (χ3n) is 1.44. The Kier molecular flexibility index (Phi) is 7.43. The number of hydrogen-bond donors (Lipinski definition) is 0. The number of aldehydes is 1. The molecule has 0 amide bonds. The standard InChI is InChI=1S/C9H10O4.K/c1-12-6-13-9-3-2-7(5-10)4-8(9)11;/h2-5,11H,6H2,1H3;/q;+1/p-1. The molecule has 1 aromatic carbocycles. The maximum atomic E-state index is 11.2. The molecule has 0 fully saturated rings. The van der Waals surface area contributed by atoms with Crippen LogP contribution in [0.4, 0.5) is 0 Å². The molecule has 0 aliphatic heterocycles. The van der Waals surface area contributed by atoms with Gasteiger partial charge in [-0.2, -0.15) is 0 Å². The number of rotatable bonds is 4. The van der Waals surface area contributed by atoms with Crippen LogP contribution in [0.3, 0.4) is 0 Å². The van der Waals surface area contributed by atoms with E-state index in [1.807, 2.05) is 0 Å². The van der Waals surface area contributed by atoms with Gasteiger partial charge in [-0.05, 0) is 12.1 Å². The van der Waals surface area contributed by atoms with Crippen LogP contribution in [-0.4, -0.2) is 20.2 Å². The van der Waals surface area contributed by atoms with Crippen LogP contribution in [0.1, 0.15) is 10.4 Å². The molecule has 0 unspecified atom stereocenters. The van der Waals surface area contributed by atoms with Gasteiger partial charge in [-0.15, -0.1) is 0 Å². The summed E-state index contributed by atoms with van der Waals surface area (Å²) in [5.74, 6) is -0.130. The Morgan fingerprint density at radius 3 is 2.71 bits per heavy atom. The predicted molar refractivity (Wildman–Crippen MR) is 43.8 cm³/mol. The second kappa shape index (κ2) is 7.39. The van der Waals surface area contributed by atoms with Crippen molar-refractivity contribution in [2.75, 3.05) is 13.9 Å². The van der Waals surface area contributed by atoms with Crippen molar-refractivity contribution in [3.63, 3.8) is 0 Å². The summed E-state index contributed by atoms with van der Waals surface area (Å²) >= 11 is 0. The molecule has 5 heteroatoms. The van der Waals surface area contributed by atoms with Crippen molar-refractivity contribution in [1.82, 2.24) is 0 Å². The van der Waals surface area contributed by atoms with Crippen LogP contribution >= 0.6 is 0 Å². The quantitative estimate of drug-likeness (QED) is 0.321. The topological polar surface area (TPSA) is 58.6 Å². The van der Waals surface area contributed by atoms with Gasteiger partial charge in [0.2, 0.25) is 0 Å². The molecular weight excluding hydrogens is 211 g/mol. The van der Waals surface area contributed by atoms with Gasteiger partial charge in [0.05, 0.1) is 0 Å². The maximum absolute atomic E-state index is 11.2. The molecule has 14 heavy (non-hydrogen) atoms. The third kappa shape index (κ3) is 4.08. The zero-order valence-electron chi connectivity index (χ0n) is 8.15. The Morgan fingerprint density at radius 2 is 2.21 bits per heavy atom. The van der Waals surface area contributed by atoms with Gasteiger partial charge in [-0.3, -0.25) is 4.79 Å². The summed E-state index contributed by atoms with van der Waals surface area (Å²) in [5.41, 5.74) is 0.342. The minimum Gasteiger partial charge on any atom is -0.870 e. The summed E-state index contributed by atoms with van der Waals surface area (Å²) in [5, 5.41) is 11.2. The first-order valence-electron chi connectivity index (χ1n) is 3.66. The van der Waals surface area contributed by atoms with Crippen LogP contribution in [-0.2, 0) is 4.74 Å². The molecule has 0 aliphatic carbocycles. The largest absolute Gasteiger partial charge is 1.00 e. The number of benzene rings is 1. The molecule has 0 spiro atoms. The fourth-order valence-corrected chi connectivity index (χ4v) is 0.840. The van der Waals surface area contributed by atoms with E-state index in [4.69, 9.17) is 4.74 Å². The SMILES string of the molecule is COCOc1ccc(C=O)cc1[O-].[K+]. The van der Waals surface area contributed by atoms with Gasteiger partial charge < -0.3 is 14.6 Å². The van der Waals surface area contributed by atoms with E-state index in [0.29, 0.717) is 11.8 Å². The third-order valence-corrected chi connectivity index (χ3v) is 1.44. The van der Waals surface area contributed by atoms with Crippen LogP contribution in [0.5, 0.6) is 11.5 Å². The normalized spacial score (nSPS) is 8.93. The van der Waals surface area contributed by atoms with Crippen molar-refractivity contribution in [2.24, 2.45) is 0 Å². The molecule has 0 radical (unpaired) electrons. The first-order valence-corrected chi connectivity index (χ1v) is 3.66. The van der Waals surface area contributed by atoms with Gasteiger partial charge in [-0.25, -0.2) is 0 Å². The minimum absolute atomic E-state index is 0. The van der Waals surface area contributed by atoms with Crippen molar-refractivity contribution >= 4 is 6.29 Å². The van der Waals surface area contributed by atoms with E-state index in [-0.39, 0.29) is 69.7 Å². The van der Waals surface area contributed by atoms with E-state index >= 15 is 0 Å². The summed E-state index contributed by atoms with van der Waals surface area (Å²) < 4.78 is 9.56. The van der Waals surface area contributed by atoms with E-state index in [2.05, 4.69) is 4.74 Å². The van der Waals surface area contributed by atoms with Crippen molar-refractivity contribution in [3.05, 3.63) is 23.8 Å². The fourth-order valence-electron chi connectivity index (χ4n) is 0.840. The van der Waals surface area contributed by atoms with E-state index in [0.717, 1.165) is 0 Å². The van der Waals surface area contributed by atoms with Gasteiger partial charge >= 0.3 is 51.4 Å². The number of carbonyl (C=O) groups excluding carboxylic acids is 1. The Bertz CT molecular complexity index is 301. The molecule has 0 saturated heterocycles. The zero-order chi connectivity index (χ0) is 9.68. The van der Waals surface area contributed by atoms with E-state index in [1.165, 1.54) is 25.3 Å². The molecule has 0 saturated carbocycles. The van der Waals surface area contributed by atoms with Crippen molar-refractivity contribution in [2.45, 2.75) is 0 Å². The predicted octanol–water partition coefficient (Wildman–Crippen LogP) is -2.44. The maximum Gasteiger partial charge on any atom is 1.00 e. The minimum atomic E-state index is -0.318. The summed E-state index contributed by atoms with van der Waals surface area (Å²) in [4.78, 5) is 10.3. The summed E-state index contributed by atoms with van der Waals surface area (Å²) in [6, 6.07) is 4.18. The average molecular weight is 220 g/mol. The molecule has 0 heterocycles. The number of hydrogen-bond acceptors (Lipinski definition) is 4. The molecule has 1 rings (SSSR count). The van der Waals surface area contributed by atoms with E-state index in [1.54, 1.807) is 0 Å². The van der Waals surface area contributed by atoms with Crippen molar-refractivity contribution in [1.29, 1.82) is 0 Å². The van der Waals surface area contributed by atoms with Crippen LogP contribution in [0.2, 0.25) is 0 Å². The Balaban J connectivity index is 0.00000169. The fraction of sp³-hybridized carbons (Fsp3) is 0.222. The first kappa shape index (κ1) is 14.1. The smallest absolute Gasteiger partial charge is 0.870 e. The van der Waals surface area contributed by atoms with E-state index < -0.39 is 0 Å². The Hall–Kier alpha value is 0.0864. The van der Waals surface area contributed by atoms with Gasteiger partial charge in [0.25, 0.3) is 0 Å². The summed E-state index contributed by atoms with van der Waals surface area (Å²) in [6.07, 6.45) is 0.613. The molecule has 0 aromatic heterocycles. The number of methoxy groups -OCH3 is 1. The summed E-state index contributed by atoms with van der Waals surface area (Å²) in [7, 11) is 1.46. The van der Waals surface area contributed by atoms with Crippen molar-refractivity contribution < 1.29 is 70.8 Å². The number of ether oxygens (including phenoxy) is 2. The second-order valence-corrected chi connectivity index (χ2v) is 2.37. The number of carbonyl (C=O) groups is 1. The first-order chi connectivity index (χ1) is 6.27. The molecule has 1 aromatic rings. The van der Waals surface area contributed by atoms with Crippen LogP contribution in [0.25, 0.3) is 0 Å². The zero-order valence-corrected chi connectivity index (χ0v) is 11.3. The van der Waals surface area contributed by atoms with Gasteiger partial charge in [0, 0.05) is 12.7 Å². The van der Waals surface area contributed by atoms with Crippen molar-refractivity contribution in [3.8, 4) is 11.5 Å². The van der Waals surface area contributed by atoms with E-state index in [9.17, 15) is 9.90 Å². The van der Waals surface area contributed by atoms with Gasteiger partial charge in [0.15, 0.2) is 6.79 Å². The molecule has 0 aliphatic rings. The van der Waals surface area contributed by atoms with Gasteiger partial charge in [-0.1, -0.05) is 11.8 Å². The molecule has 0 N–H and O–H groups in total. The van der Waals surface area contributed by atoms with Crippen LogP contribution in [0, 0.1) is 0 Å². The molecule has 0 bridgehead atoms. The van der Waals surface area contributed by atoms with Crippen LogP contribution < -0.4 is 61.2 Å². The monoisotopic (exact) mass is 220 g/mol. The molecular formula is C9H9KO4. The van der Waals surface area contributed by atoms with Crippen LogP contribution in [0.15, 0.2) is 18.2 Å². The molecule has 70 valence electrons. The molecule has 4 nitrogen and oxygen atoms in total. The van der Waals surface area contributed by atoms with Gasteiger partial charge in [0.1, 0.15) is 12.0 Å². The second-order valence-electron chi connectivity index (χ2n) is 2.37. The Morgan fingerprint density at radius 1 is 1.50 bits per heavy atom. The molecule has 0 atom stereocenters. The Labute approximate surface area is 125 Å².